The first kappa shape index (κ1) is 18.3. The number of aromatic nitrogens is 1. The number of fused-ring (bicyclic) bond motifs is 1. The van der Waals surface area contributed by atoms with Crippen LogP contribution in [0.2, 0.25) is 0 Å². The minimum atomic E-state index is 0.429. The van der Waals surface area contributed by atoms with Crippen molar-refractivity contribution < 1.29 is 0 Å². The van der Waals surface area contributed by atoms with E-state index < -0.39 is 0 Å². The Bertz CT molecular complexity index is 925. The summed E-state index contributed by atoms with van der Waals surface area (Å²) in [5.74, 6) is 1.93. The molecule has 4 rings (SSSR count). The molecule has 1 aliphatic rings. The Hall–Kier alpha value is -3.08. The number of pyridine rings is 1. The number of nitrogens with one attached hydrogen (secondary N) is 2. The van der Waals surface area contributed by atoms with Crippen molar-refractivity contribution in [2.45, 2.75) is 25.4 Å². The van der Waals surface area contributed by atoms with Crippen LogP contribution in [0, 0.1) is 0 Å². The van der Waals surface area contributed by atoms with Crippen LogP contribution < -0.4 is 15.5 Å². The molecule has 2 aromatic carbocycles. The molecule has 0 aliphatic carbocycles. The number of guanidine groups is 1. The summed E-state index contributed by atoms with van der Waals surface area (Å²) in [5, 5.41) is 9.63. The van der Waals surface area contributed by atoms with Gasteiger partial charge < -0.3 is 15.5 Å². The van der Waals surface area contributed by atoms with Gasteiger partial charge in [-0.05, 0) is 41.3 Å². The molecule has 0 saturated carbocycles. The van der Waals surface area contributed by atoms with E-state index in [1.54, 1.807) is 0 Å². The lowest BCUT2D eigenvalue weighted by molar-refractivity contribution is 0.459. The zero-order chi connectivity index (χ0) is 19.2. The average Bonchev–Trinajstić information content (AvgIpc) is 2.77. The molecule has 5 heteroatoms. The molecule has 0 spiro atoms. The molecule has 144 valence electrons. The van der Waals surface area contributed by atoms with Crippen molar-refractivity contribution in [3.8, 4) is 0 Å². The lowest BCUT2D eigenvalue weighted by Crippen LogP contribution is -2.48. The first-order chi connectivity index (χ1) is 13.8. The number of hydrogen-bond donors (Lipinski definition) is 2. The number of piperidine rings is 1. The number of nitrogens with zero attached hydrogens (tertiary/aromatic N) is 3. The van der Waals surface area contributed by atoms with E-state index in [-0.39, 0.29) is 0 Å². The van der Waals surface area contributed by atoms with Gasteiger partial charge in [-0.15, -0.1) is 0 Å². The van der Waals surface area contributed by atoms with Gasteiger partial charge in [0.15, 0.2) is 5.96 Å². The molecule has 3 aromatic rings. The first-order valence-electron chi connectivity index (χ1n) is 9.93. The quantitative estimate of drug-likeness (QED) is 0.542. The van der Waals surface area contributed by atoms with E-state index in [2.05, 4.69) is 74.0 Å². The fraction of sp³-hybridized carbons (Fsp3) is 0.304. The Balaban J connectivity index is 1.32. The van der Waals surface area contributed by atoms with Crippen molar-refractivity contribution in [3.05, 3.63) is 72.4 Å². The van der Waals surface area contributed by atoms with Crippen LogP contribution in [-0.2, 0) is 6.54 Å². The molecular weight excluding hydrogens is 346 g/mol. The average molecular weight is 374 g/mol. The zero-order valence-corrected chi connectivity index (χ0v) is 16.3. The van der Waals surface area contributed by atoms with Gasteiger partial charge in [0.25, 0.3) is 0 Å². The van der Waals surface area contributed by atoms with E-state index in [0.29, 0.717) is 6.04 Å². The van der Waals surface area contributed by atoms with Crippen LogP contribution in [0.25, 0.3) is 10.8 Å². The van der Waals surface area contributed by atoms with Crippen LogP contribution >= 0.6 is 0 Å². The lowest BCUT2D eigenvalue weighted by Gasteiger charge is -2.33. The predicted molar refractivity (Wildman–Crippen MR) is 117 cm³/mol. The molecule has 1 saturated heterocycles. The molecule has 2 heterocycles. The molecule has 1 aromatic heterocycles. The highest BCUT2D eigenvalue weighted by Crippen LogP contribution is 2.19. The molecule has 1 aliphatic heterocycles. The normalized spacial score (nSPS) is 15.6. The Kier molecular flexibility index (Phi) is 5.71. The maximum atomic E-state index is 4.46. The molecular formula is C23H27N5. The van der Waals surface area contributed by atoms with Crippen LogP contribution in [0.3, 0.4) is 0 Å². The van der Waals surface area contributed by atoms with Crippen LogP contribution in [0.15, 0.2) is 71.9 Å². The summed E-state index contributed by atoms with van der Waals surface area (Å²) >= 11 is 0. The Labute approximate surface area is 166 Å². The SMILES string of the molecule is CN=C(NCc1cccc2ccccc12)NC1CCN(c2ccccn2)CC1. The van der Waals surface area contributed by atoms with E-state index >= 15 is 0 Å². The van der Waals surface area contributed by atoms with Crippen molar-refractivity contribution in [2.24, 2.45) is 4.99 Å². The highest BCUT2D eigenvalue weighted by molar-refractivity contribution is 5.86. The maximum Gasteiger partial charge on any atom is 0.191 e. The Morgan fingerprint density at radius 3 is 2.61 bits per heavy atom. The third-order valence-corrected chi connectivity index (χ3v) is 5.36. The summed E-state index contributed by atoms with van der Waals surface area (Å²) in [6.07, 6.45) is 4.01. The van der Waals surface area contributed by atoms with Gasteiger partial charge in [-0.3, -0.25) is 4.99 Å². The smallest absolute Gasteiger partial charge is 0.191 e. The number of benzene rings is 2. The summed E-state index contributed by atoms with van der Waals surface area (Å²) < 4.78 is 0. The second kappa shape index (κ2) is 8.74. The predicted octanol–water partition coefficient (Wildman–Crippen LogP) is 3.57. The first-order valence-corrected chi connectivity index (χ1v) is 9.93. The topological polar surface area (TPSA) is 52.6 Å². The largest absolute Gasteiger partial charge is 0.356 e. The minimum Gasteiger partial charge on any atom is -0.356 e. The third-order valence-electron chi connectivity index (χ3n) is 5.36. The van der Waals surface area contributed by atoms with Gasteiger partial charge in [0, 0.05) is 38.9 Å². The van der Waals surface area contributed by atoms with Crippen molar-refractivity contribution in [1.29, 1.82) is 0 Å². The number of hydrogen-bond acceptors (Lipinski definition) is 3. The van der Waals surface area contributed by atoms with Crippen molar-refractivity contribution >= 4 is 22.5 Å². The van der Waals surface area contributed by atoms with Crippen LogP contribution in [-0.4, -0.2) is 37.1 Å². The maximum absolute atomic E-state index is 4.46. The van der Waals surface area contributed by atoms with E-state index in [1.165, 1.54) is 16.3 Å². The van der Waals surface area contributed by atoms with E-state index in [9.17, 15) is 0 Å². The van der Waals surface area contributed by atoms with Crippen molar-refractivity contribution in [2.75, 3.05) is 25.0 Å². The van der Waals surface area contributed by atoms with Gasteiger partial charge in [-0.2, -0.15) is 0 Å². The molecule has 0 amide bonds. The molecule has 0 unspecified atom stereocenters. The van der Waals surface area contributed by atoms with E-state index in [1.807, 2.05) is 25.4 Å². The summed E-state index contributed by atoms with van der Waals surface area (Å²) in [4.78, 5) is 11.2. The summed E-state index contributed by atoms with van der Waals surface area (Å²) in [7, 11) is 1.83. The summed E-state index contributed by atoms with van der Waals surface area (Å²) in [6.45, 7) is 2.78. The van der Waals surface area contributed by atoms with E-state index in [4.69, 9.17) is 0 Å². The monoisotopic (exact) mass is 373 g/mol. The second-order valence-corrected chi connectivity index (χ2v) is 7.16. The van der Waals surface area contributed by atoms with Gasteiger partial charge in [-0.25, -0.2) is 4.98 Å². The molecule has 0 radical (unpaired) electrons. The van der Waals surface area contributed by atoms with Gasteiger partial charge in [0.2, 0.25) is 0 Å². The molecule has 0 bridgehead atoms. The van der Waals surface area contributed by atoms with Gasteiger partial charge in [0.05, 0.1) is 0 Å². The molecule has 1 fully saturated rings. The standard InChI is InChI=1S/C23H27N5/c1-24-23(26-17-19-9-6-8-18-7-2-3-10-21(18)19)27-20-12-15-28(16-13-20)22-11-4-5-14-25-22/h2-11,14,20H,12-13,15-17H2,1H3,(H2,24,26,27). The highest BCUT2D eigenvalue weighted by Gasteiger charge is 2.20. The van der Waals surface area contributed by atoms with Crippen LogP contribution in [0.5, 0.6) is 0 Å². The van der Waals surface area contributed by atoms with E-state index in [0.717, 1.165) is 44.3 Å². The molecule has 2 N–H and O–H groups in total. The third kappa shape index (κ3) is 4.25. The number of rotatable bonds is 4. The van der Waals surface area contributed by atoms with Gasteiger partial charge >= 0.3 is 0 Å². The molecule has 28 heavy (non-hydrogen) atoms. The molecule has 5 nitrogen and oxygen atoms in total. The second-order valence-electron chi connectivity index (χ2n) is 7.16. The fourth-order valence-electron chi connectivity index (χ4n) is 3.81. The lowest BCUT2D eigenvalue weighted by atomic mass is 10.0. The Morgan fingerprint density at radius 1 is 1.04 bits per heavy atom. The van der Waals surface area contributed by atoms with Crippen LogP contribution in [0.4, 0.5) is 5.82 Å². The molecule has 0 atom stereocenters. The summed E-state index contributed by atoms with van der Waals surface area (Å²) in [6, 6.07) is 21.5. The number of aliphatic imine (C=N–C) groups is 1. The highest BCUT2D eigenvalue weighted by atomic mass is 15.2. The number of anilines is 1. The summed E-state index contributed by atoms with van der Waals surface area (Å²) in [5.41, 5.74) is 1.28. The van der Waals surface area contributed by atoms with Gasteiger partial charge in [0.1, 0.15) is 5.82 Å². The van der Waals surface area contributed by atoms with Crippen molar-refractivity contribution in [3.63, 3.8) is 0 Å². The van der Waals surface area contributed by atoms with Crippen molar-refractivity contribution in [1.82, 2.24) is 15.6 Å². The van der Waals surface area contributed by atoms with Crippen LogP contribution in [0.1, 0.15) is 18.4 Å². The van der Waals surface area contributed by atoms with Gasteiger partial charge in [-0.1, -0.05) is 48.5 Å². The zero-order valence-electron chi connectivity index (χ0n) is 16.3. The fourth-order valence-corrected chi connectivity index (χ4v) is 3.81. The Morgan fingerprint density at radius 2 is 1.82 bits per heavy atom. The minimum absolute atomic E-state index is 0.429.